The Labute approximate surface area is 155 Å². The van der Waals surface area contributed by atoms with Crippen LogP contribution >= 0.6 is 0 Å². The Balaban J connectivity index is 1.44. The van der Waals surface area contributed by atoms with Crippen LogP contribution in [0.15, 0.2) is 36.8 Å². The van der Waals surface area contributed by atoms with E-state index in [1.54, 1.807) is 18.6 Å². The summed E-state index contributed by atoms with van der Waals surface area (Å²) in [5.74, 6) is -1.03. The van der Waals surface area contributed by atoms with Crippen molar-refractivity contribution in [3.63, 3.8) is 0 Å². The van der Waals surface area contributed by atoms with Crippen LogP contribution in [0.2, 0.25) is 0 Å². The highest BCUT2D eigenvalue weighted by Crippen LogP contribution is 2.15. The minimum Gasteiger partial charge on any atom is -0.356 e. The maximum absolute atomic E-state index is 13.3. The molecule has 0 saturated carbocycles. The third kappa shape index (κ3) is 4.90. The van der Waals surface area contributed by atoms with E-state index in [-0.39, 0.29) is 25.3 Å². The summed E-state index contributed by atoms with van der Waals surface area (Å²) in [6, 6.07) is 4.46. The molecule has 3 rings (SSSR count). The molecule has 0 bridgehead atoms. The summed E-state index contributed by atoms with van der Waals surface area (Å²) in [7, 11) is 0. The first kappa shape index (κ1) is 18.6. The highest BCUT2D eigenvalue weighted by molar-refractivity contribution is 6.04. The van der Waals surface area contributed by atoms with Crippen LogP contribution in [0, 0.1) is 5.82 Å². The molecule has 1 aromatic heterocycles. The summed E-state index contributed by atoms with van der Waals surface area (Å²) in [6.45, 7) is 0.451. The first-order valence-corrected chi connectivity index (χ1v) is 8.63. The van der Waals surface area contributed by atoms with Crippen molar-refractivity contribution in [2.24, 2.45) is 0 Å². The van der Waals surface area contributed by atoms with Gasteiger partial charge in [-0.15, -0.1) is 0 Å². The molecule has 3 N–H and O–H groups in total. The van der Waals surface area contributed by atoms with E-state index < -0.39 is 23.8 Å². The maximum Gasteiger partial charge on any atom is 0.325 e. The van der Waals surface area contributed by atoms with Gasteiger partial charge in [0.25, 0.3) is 5.91 Å². The monoisotopic (exact) mass is 373 g/mol. The minimum atomic E-state index is -0.746. The maximum atomic E-state index is 13.3. The van der Waals surface area contributed by atoms with Crippen LogP contribution in [0.25, 0.3) is 0 Å². The van der Waals surface area contributed by atoms with Crippen LogP contribution in [0.1, 0.15) is 24.1 Å². The second kappa shape index (κ2) is 8.43. The smallest absolute Gasteiger partial charge is 0.325 e. The van der Waals surface area contributed by atoms with Crippen molar-refractivity contribution >= 4 is 17.8 Å². The van der Waals surface area contributed by atoms with Crippen LogP contribution < -0.4 is 10.6 Å². The van der Waals surface area contributed by atoms with Crippen LogP contribution in [-0.4, -0.2) is 45.3 Å². The number of aromatic nitrogens is 2. The number of imide groups is 1. The topological polar surface area (TPSA) is 107 Å². The van der Waals surface area contributed by atoms with Crippen molar-refractivity contribution in [3.8, 4) is 0 Å². The molecule has 27 heavy (non-hydrogen) atoms. The number of H-pyrrole nitrogens is 1. The van der Waals surface area contributed by atoms with E-state index in [1.807, 2.05) is 0 Å². The number of nitrogens with one attached hydrogen (secondary N) is 3. The van der Waals surface area contributed by atoms with E-state index in [1.165, 1.54) is 18.2 Å². The zero-order valence-corrected chi connectivity index (χ0v) is 14.6. The molecule has 1 aliphatic rings. The third-order valence-electron chi connectivity index (χ3n) is 4.27. The van der Waals surface area contributed by atoms with Crippen molar-refractivity contribution < 1.29 is 18.8 Å². The predicted molar refractivity (Wildman–Crippen MR) is 93.8 cm³/mol. The van der Waals surface area contributed by atoms with Crippen molar-refractivity contribution in [1.29, 1.82) is 0 Å². The minimum absolute atomic E-state index is 0.00466. The number of hydrogen-bond acceptors (Lipinski definition) is 4. The SMILES string of the molecule is O=C(CC[C@H]1NC(=O)N(Cc2cccc(F)c2)C1=O)NCCc1cnc[nH]1. The predicted octanol–water partition coefficient (Wildman–Crippen LogP) is 1.11. The lowest BCUT2D eigenvalue weighted by Gasteiger charge is -2.13. The first-order valence-electron chi connectivity index (χ1n) is 8.63. The Bertz CT molecular complexity index is 824. The van der Waals surface area contributed by atoms with Crippen LogP contribution in [-0.2, 0) is 22.6 Å². The molecular weight excluding hydrogens is 353 g/mol. The van der Waals surface area contributed by atoms with E-state index in [4.69, 9.17) is 0 Å². The Hall–Kier alpha value is -3.23. The number of urea groups is 1. The summed E-state index contributed by atoms with van der Waals surface area (Å²) in [4.78, 5) is 44.2. The number of aromatic amines is 1. The quantitative estimate of drug-likeness (QED) is 0.603. The number of carbonyl (C=O) groups is 3. The van der Waals surface area contributed by atoms with Gasteiger partial charge in [0, 0.05) is 31.3 Å². The largest absolute Gasteiger partial charge is 0.356 e. The molecule has 1 saturated heterocycles. The number of hydrogen-bond donors (Lipinski definition) is 3. The summed E-state index contributed by atoms with van der Waals surface area (Å²) < 4.78 is 13.3. The van der Waals surface area contributed by atoms with E-state index in [0.29, 0.717) is 18.5 Å². The normalized spacial score (nSPS) is 16.5. The molecule has 0 unspecified atom stereocenters. The van der Waals surface area contributed by atoms with Gasteiger partial charge in [0.05, 0.1) is 12.9 Å². The van der Waals surface area contributed by atoms with E-state index in [9.17, 15) is 18.8 Å². The molecule has 8 nitrogen and oxygen atoms in total. The standard InChI is InChI=1S/C18H20FN5O3/c19-13-3-1-2-12(8-13)10-24-17(26)15(23-18(24)27)4-5-16(25)21-7-6-14-9-20-11-22-14/h1-3,8-9,11,15H,4-7,10H2,(H,20,22)(H,21,25)(H,23,27)/t15-/m1/s1. The number of benzene rings is 1. The molecule has 2 aromatic rings. The molecular formula is C18H20FN5O3. The van der Waals surface area contributed by atoms with Crippen molar-refractivity contribution in [1.82, 2.24) is 25.5 Å². The molecule has 2 heterocycles. The Morgan fingerprint density at radius 2 is 2.19 bits per heavy atom. The molecule has 1 aromatic carbocycles. The van der Waals surface area contributed by atoms with Gasteiger partial charge in [0.1, 0.15) is 11.9 Å². The number of imidazole rings is 1. The van der Waals surface area contributed by atoms with Gasteiger partial charge in [-0.2, -0.15) is 0 Å². The number of halogens is 1. The number of nitrogens with zero attached hydrogens (tertiary/aromatic N) is 2. The Morgan fingerprint density at radius 1 is 1.33 bits per heavy atom. The highest BCUT2D eigenvalue weighted by Gasteiger charge is 2.37. The van der Waals surface area contributed by atoms with Gasteiger partial charge in [-0.3, -0.25) is 14.5 Å². The average Bonchev–Trinajstić information content (AvgIpc) is 3.24. The fraction of sp³-hybridized carbons (Fsp3) is 0.333. The molecule has 1 aliphatic heterocycles. The van der Waals surface area contributed by atoms with Crippen molar-refractivity contribution in [2.75, 3.05) is 6.54 Å². The zero-order chi connectivity index (χ0) is 19.2. The van der Waals surface area contributed by atoms with Gasteiger partial charge in [-0.05, 0) is 24.1 Å². The van der Waals surface area contributed by atoms with Crippen molar-refractivity contribution in [2.45, 2.75) is 31.8 Å². The molecule has 1 fully saturated rings. The Morgan fingerprint density at radius 3 is 2.93 bits per heavy atom. The van der Waals surface area contributed by atoms with Crippen LogP contribution in [0.5, 0.6) is 0 Å². The van der Waals surface area contributed by atoms with Gasteiger partial charge in [0.15, 0.2) is 0 Å². The summed E-state index contributed by atoms with van der Waals surface area (Å²) in [5, 5.41) is 5.34. The van der Waals surface area contributed by atoms with Gasteiger partial charge >= 0.3 is 6.03 Å². The van der Waals surface area contributed by atoms with Gasteiger partial charge in [-0.1, -0.05) is 12.1 Å². The lowest BCUT2D eigenvalue weighted by atomic mass is 10.1. The van der Waals surface area contributed by atoms with E-state index in [2.05, 4.69) is 20.6 Å². The summed E-state index contributed by atoms with van der Waals surface area (Å²) >= 11 is 0. The molecule has 4 amide bonds. The lowest BCUT2D eigenvalue weighted by Crippen LogP contribution is -2.33. The number of amides is 4. The second-order valence-electron chi connectivity index (χ2n) is 6.27. The fourth-order valence-electron chi connectivity index (χ4n) is 2.86. The highest BCUT2D eigenvalue weighted by atomic mass is 19.1. The van der Waals surface area contributed by atoms with Gasteiger partial charge in [0.2, 0.25) is 5.91 Å². The molecule has 1 atom stereocenters. The number of rotatable bonds is 8. The average molecular weight is 373 g/mol. The van der Waals surface area contributed by atoms with Crippen molar-refractivity contribution in [3.05, 3.63) is 53.9 Å². The molecule has 9 heteroatoms. The fourth-order valence-corrected chi connectivity index (χ4v) is 2.86. The van der Waals surface area contributed by atoms with E-state index in [0.717, 1.165) is 10.6 Å². The molecule has 0 radical (unpaired) electrons. The lowest BCUT2D eigenvalue weighted by molar-refractivity contribution is -0.128. The molecule has 142 valence electrons. The number of carbonyl (C=O) groups excluding carboxylic acids is 3. The van der Waals surface area contributed by atoms with Gasteiger partial charge < -0.3 is 15.6 Å². The van der Waals surface area contributed by atoms with E-state index >= 15 is 0 Å². The summed E-state index contributed by atoms with van der Waals surface area (Å²) in [5.41, 5.74) is 1.44. The first-order chi connectivity index (χ1) is 13.0. The Kier molecular flexibility index (Phi) is 5.80. The third-order valence-corrected chi connectivity index (χ3v) is 4.27. The zero-order valence-electron chi connectivity index (χ0n) is 14.6. The van der Waals surface area contributed by atoms with Crippen LogP contribution in [0.4, 0.5) is 9.18 Å². The second-order valence-corrected chi connectivity index (χ2v) is 6.27. The van der Waals surface area contributed by atoms with Gasteiger partial charge in [-0.25, -0.2) is 14.2 Å². The summed E-state index contributed by atoms with van der Waals surface area (Å²) in [6.07, 6.45) is 4.22. The molecule has 0 spiro atoms. The molecule has 0 aliphatic carbocycles. The van der Waals surface area contributed by atoms with Crippen LogP contribution in [0.3, 0.4) is 0 Å².